The first-order valence-electron chi connectivity index (χ1n) is 4.82. The quantitative estimate of drug-likeness (QED) is 0.693. The van der Waals surface area contributed by atoms with Crippen molar-refractivity contribution in [1.29, 1.82) is 0 Å². The van der Waals surface area contributed by atoms with Crippen molar-refractivity contribution in [3.05, 3.63) is 6.07 Å². The van der Waals surface area contributed by atoms with Crippen LogP contribution in [0.2, 0.25) is 0 Å². The van der Waals surface area contributed by atoms with Crippen LogP contribution in [0.1, 0.15) is 6.92 Å². The zero-order chi connectivity index (χ0) is 12.8. The molecule has 0 spiro atoms. The Morgan fingerprint density at radius 3 is 2.12 bits per heavy atom. The van der Waals surface area contributed by atoms with E-state index in [1.54, 1.807) is 0 Å². The minimum atomic E-state index is -0.809. The van der Waals surface area contributed by atoms with E-state index in [0.29, 0.717) is 0 Å². The van der Waals surface area contributed by atoms with Crippen LogP contribution < -0.4 is 14.2 Å². The number of esters is 1. The first-order valence-corrected chi connectivity index (χ1v) is 4.82. The van der Waals surface area contributed by atoms with Crippen LogP contribution in [-0.4, -0.2) is 43.4 Å². The van der Waals surface area contributed by atoms with Gasteiger partial charge in [-0.15, -0.1) is 0 Å². The Bertz CT molecular complexity index is 374. The monoisotopic (exact) mass is 242 g/mol. The maximum atomic E-state index is 11.2. The van der Waals surface area contributed by atoms with Crippen LogP contribution in [0.5, 0.6) is 17.8 Å². The topological polar surface area (TPSA) is 79.8 Å². The predicted molar refractivity (Wildman–Crippen MR) is 57.2 cm³/mol. The third-order valence-corrected chi connectivity index (χ3v) is 1.89. The molecule has 1 rings (SSSR count). The second-order valence-corrected chi connectivity index (χ2v) is 3.02. The molecule has 0 aliphatic carbocycles. The summed E-state index contributed by atoms with van der Waals surface area (Å²) in [4.78, 5) is 19.0. The van der Waals surface area contributed by atoms with Crippen molar-refractivity contribution in [2.45, 2.75) is 13.0 Å². The fourth-order valence-electron chi connectivity index (χ4n) is 1.02. The Hall–Kier alpha value is -2.05. The maximum Gasteiger partial charge on any atom is 0.346 e. The number of hydrogen-bond acceptors (Lipinski definition) is 7. The molecule has 0 amide bonds. The Labute approximate surface area is 98.7 Å². The summed E-state index contributed by atoms with van der Waals surface area (Å²) in [7, 11) is 4.18. The molecule has 0 N–H and O–H groups in total. The number of nitrogens with zero attached hydrogens (tertiary/aromatic N) is 2. The minimum absolute atomic E-state index is 0.0147. The molecular formula is C10H14N2O5. The fourth-order valence-corrected chi connectivity index (χ4v) is 1.02. The molecule has 0 saturated heterocycles. The lowest BCUT2D eigenvalue weighted by Crippen LogP contribution is -2.25. The van der Waals surface area contributed by atoms with Gasteiger partial charge < -0.3 is 18.9 Å². The van der Waals surface area contributed by atoms with Gasteiger partial charge in [-0.25, -0.2) is 4.79 Å². The SMILES string of the molecule is COC(=O)[C@@H](C)Oc1nc(OC)cc(OC)n1. The van der Waals surface area contributed by atoms with Crippen LogP contribution in [-0.2, 0) is 9.53 Å². The lowest BCUT2D eigenvalue weighted by Gasteiger charge is -2.11. The van der Waals surface area contributed by atoms with Gasteiger partial charge in [-0.3, -0.25) is 0 Å². The Morgan fingerprint density at radius 1 is 1.18 bits per heavy atom. The van der Waals surface area contributed by atoms with Crippen molar-refractivity contribution in [3.63, 3.8) is 0 Å². The molecular weight excluding hydrogens is 228 g/mol. The van der Waals surface area contributed by atoms with Crippen molar-refractivity contribution < 1.29 is 23.7 Å². The summed E-state index contributed by atoms with van der Waals surface area (Å²) in [6.45, 7) is 1.53. The molecule has 1 aromatic heterocycles. The summed E-state index contributed by atoms with van der Waals surface area (Å²) >= 11 is 0. The second-order valence-electron chi connectivity index (χ2n) is 3.02. The number of carbonyl (C=O) groups is 1. The van der Waals surface area contributed by atoms with Gasteiger partial charge in [-0.2, -0.15) is 9.97 Å². The van der Waals surface area contributed by atoms with Crippen LogP contribution in [0.4, 0.5) is 0 Å². The molecule has 17 heavy (non-hydrogen) atoms. The van der Waals surface area contributed by atoms with E-state index < -0.39 is 12.1 Å². The smallest absolute Gasteiger partial charge is 0.346 e. The highest BCUT2D eigenvalue weighted by atomic mass is 16.6. The van der Waals surface area contributed by atoms with E-state index in [1.807, 2.05) is 0 Å². The van der Waals surface area contributed by atoms with Crippen molar-refractivity contribution in [1.82, 2.24) is 9.97 Å². The molecule has 7 nitrogen and oxygen atoms in total. The largest absolute Gasteiger partial charge is 0.481 e. The number of rotatable bonds is 5. The van der Waals surface area contributed by atoms with Gasteiger partial charge >= 0.3 is 12.0 Å². The lowest BCUT2D eigenvalue weighted by molar-refractivity contribution is -0.148. The summed E-state index contributed by atoms with van der Waals surface area (Å²) in [5, 5.41) is 0. The zero-order valence-corrected chi connectivity index (χ0v) is 10.1. The van der Waals surface area contributed by atoms with E-state index in [2.05, 4.69) is 14.7 Å². The lowest BCUT2D eigenvalue weighted by atomic mass is 10.4. The van der Waals surface area contributed by atoms with Crippen LogP contribution in [0.15, 0.2) is 6.07 Å². The standard InChI is InChI=1S/C10H14N2O5/c1-6(9(13)16-4)17-10-11-7(14-2)5-8(12-10)15-3/h5-6H,1-4H3/t6-/m1/s1. The van der Waals surface area contributed by atoms with Gasteiger partial charge in [0.2, 0.25) is 11.8 Å². The van der Waals surface area contributed by atoms with Crippen LogP contribution in [0.3, 0.4) is 0 Å². The molecule has 0 radical (unpaired) electrons. The number of hydrogen-bond donors (Lipinski definition) is 0. The zero-order valence-electron chi connectivity index (χ0n) is 10.1. The third-order valence-electron chi connectivity index (χ3n) is 1.89. The van der Waals surface area contributed by atoms with Gasteiger partial charge in [0.1, 0.15) is 0 Å². The van der Waals surface area contributed by atoms with Crippen LogP contribution >= 0.6 is 0 Å². The number of ether oxygens (including phenoxy) is 4. The van der Waals surface area contributed by atoms with Crippen molar-refractivity contribution in [2.24, 2.45) is 0 Å². The molecule has 0 fully saturated rings. The predicted octanol–water partition coefficient (Wildman–Crippen LogP) is 0.434. The number of methoxy groups -OCH3 is 3. The van der Waals surface area contributed by atoms with Gasteiger partial charge in [0.05, 0.1) is 27.4 Å². The van der Waals surface area contributed by atoms with E-state index in [0.717, 1.165) is 0 Å². The molecule has 1 aromatic rings. The van der Waals surface area contributed by atoms with E-state index >= 15 is 0 Å². The highest BCUT2D eigenvalue weighted by Gasteiger charge is 2.17. The minimum Gasteiger partial charge on any atom is -0.481 e. The summed E-state index contributed by atoms with van der Waals surface area (Å²) in [5.74, 6) is 0.0446. The molecule has 0 unspecified atom stereocenters. The van der Waals surface area contributed by atoms with E-state index in [9.17, 15) is 4.79 Å². The van der Waals surface area contributed by atoms with E-state index in [-0.39, 0.29) is 17.8 Å². The Morgan fingerprint density at radius 2 is 1.71 bits per heavy atom. The fraction of sp³-hybridized carbons (Fsp3) is 0.500. The molecule has 0 saturated carbocycles. The number of carbonyl (C=O) groups excluding carboxylic acids is 1. The summed E-state index contributed by atoms with van der Waals surface area (Å²) in [5.41, 5.74) is 0. The van der Waals surface area contributed by atoms with Gasteiger partial charge in [-0.1, -0.05) is 0 Å². The molecule has 0 aliphatic heterocycles. The van der Waals surface area contributed by atoms with Gasteiger partial charge in [0.25, 0.3) is 0 Å². The average molecular weight is 242 g/mol. The second kappa shape index (κ2) is 5.88. The van der Waals surface area contributed by atoms with Crippen LogP contribution in [0.25, 0.3) is 0 Å². The Kier molecular flexibility index (Phi) is 4.50. The van der Waals surface area contributed by atoms with Gasteiger partial charge in [0.15, 0.2) is 6.10 Å². The van der Waals surface area contributed by atoms with E-state index in [1.165, 1.54) is 34.3 Å². The summed E-state index contributed by atoms with van der Waals surface area (Å²) in [6, 6.07) is 1.48. The number of aromatic nitrogens is 2. The molecule has 1 heterocycles. The molecule has 94 valence electrons. The normalized spacial score (nSPS) is 11.5. The van der Waals surface area contributed by atoms with Crippen molar-refractivity contribution in [2.75, 3.05) is 21.3 Å². The highest BCUT2D eigenvalue weighted by molar-refractivity contribution is 5.74. The van der Waals surface area contributed by atoms with E-state index in [4.69, 9.17) is 14.2 Å². The molecule has 1 atom stereocenters. The highest BCUT2D eigenvalue weighted by Crippen LogP contribution is 2.19. The molecule has 0 bridgehead atoms. The van der Waals surface area contributed by atoms with Gasteiger partial charge in [0, 0.05) is 0 Å². The summed E-state index contributed by atoms with van der Waals surface area (Å²) in [6.07, 6.45) is -0.809. The van der Waals surface area contributed by atoms with Crippen molar-refractivity contribution in [3.8, 4) is 17.8 Å². The first-order chi connectivity index (χ1) is 8.10. The average Bonchev–Trinajstić information content (AvgIpc) is 2.36. The summed E-state index contributed by atoms with van der Waals surface area (Å²) < 4.78 is 19.6. The van der Waals surface area contributed by atoms with Crippen LogP contribution in [0, 0.1) is 0 Å². The van der Waals surface area contributed by atoms with Crippen molar-refractivity contribution >= 4 is 5.97 Å². The molecule has 0 aromatic carbocycles. The molecule has 0 aliphatic rings. The first kappa shape index (κ1) is 13.0. The molecule has 7 heteroatoms. The van der Waals surface area contributed by atoms with Gasteiger partial charge in [-0.05, 0) is 6.92 Å². The third kappa shape index (κ3) is 3.47. The maximum absolute atomic E-state index is 11.2. The Balaban J connectivity index is 2.86.